The van der Waals surface area contributed by atoms with Crippen molar-refractivity contribution >= 4 is 88.8 Å². The van der Waals surface area contributed by atoms with Crippen LogP contribution in [0.1, 0.15) is 0 Å². The Morgan fingerprint density at radius 1 is 0.265 bits per heavy atom. The van der Waals surface area contributed by atoms with Gasteiger partial charge in [-0.05, 0) is 0 Å². The highest BCUT2D eigenvalue weighted by atomic mass is 28.6. The second-order valence-electron chi connectivity index (χ2n) is 9.54. The maximum Gasteiger partial charge on any atom is 0.553 e. The van der Waals surface area contributed by atoms with Gasteiger partial charge >= 0.3 is 88.8 Å². The topological polar surface area (TPSA) is 138 Å². The monoisotopic (exact) mass is 655 g/mol. The fourth-order valence-electron chi connectivity index (χ4n) is 5.12. The Morgan fingerprint density at radius 3 is 0.618 bits per heavy atom. The third-order valence-electron chi connectivity index (χ3n) is 5.26. The Kier molecular flexibility index (Phi) is 5.47. The summed E-state index contributed by atoms with van der Waals surface area (Å²) in [5, 5.41) is 0. The average Bonchev–Trinajstić information content (AvgIpc) is 2.41. The van der Waals surface area contributed by atoms with E-state index in [-0.39, 0.29) is 0 Å². The van der Waals surface area contributed by atoms with Gasteiger partial charge in [-0.15, -0.1) is 0 Å². The van der Waals surface area contributed by atoms with Crippen LogP contribution in [0.15, 0.2) is 0 Å². The zero-order chi connectivity index (χ0) is 24.7. The number of hydrogen-bond donors (Lipinski definition) is 0. The first-order chi connectivity index (χ1) is 15.3. The van der Waals surface area contributed by atoms with Gasteiger partial charge in [-0.3, -0.25) is 0 Å². The first kappa shape index (κ1) is 25.8. The molecule has 0 N–H and O–H groups in total. The molecule has 7 rings (SSSR count). The van der Waals surface area contributed by atoms with Gasteiger partial charge in [0.25, 0.3) is 0 Å². The Labute approximate surface area is 208 Å². The molecular weight excluding hydrogens is 629 g/mol. The van der Waals surface area contributed by atoms with Crippen molar-refractivity contribution in [3.8, 4) is 0 Å². The summed E-state index contributed by atoms with van der Waals surface area (Å²) in [5.41, 5.74) is 0. The van der Waals surface area contributed by atoms with Crippen molar-refractivity contribution in [3.63, 3.8) is 0 Å². The minimum absolute atomic E-state index is 1.71. The Morgan fingerprint density at radius 2 is 0.412 bits per heavy atom. The summed E-state index contributed by atoms with van der Waals surface area (Å²) in [6, 6.07) is 0. The molecular formula is C9H27O15Si10. The van der Waals surface area contributed by atoms with Crippen LogP contribution in [0.4, 0.5) is 0 Å². The maximum atomic E-state index is 6.57. The molecule has 0 aromatic carbocycles. The zero-order valence-corrected chi connectivity index (χ0v) is 30.1. The van der Waals surface area contributed by atoms with Gasteiger partial charge in [0.05, 0.1) is 0 Å². The number of rotatable bonds is 0. The molecule has 0 aliphatic carbocycles. The van der Waals surface area contributed by atoms with Gasteiger partial charge < -0.3 is 61.7 Å². The van der Waals surface area contributed by atoms with E-state index in [1.54, 1.807) is 58.9 Å². The normalized spacial score (nSPS) is 63.8. The van der Waals surface area contributed by atoms with E-state index in [4.69, 9.17) is 61.7 Å². The molecule has 7 heterocycles. The van der Waals surface area contributed by atoms with E-state index in [9.17, 15) is 0 Å². The van der Waals surface area contributed by atoms with Crippen LogP contribution in [0.25, 0.3) is 0 Å². The van der Waals surface area contributed by atoms with Crippen molar-refractivity contribution in [3.05, 3.63) is 0 Å². The van der Waals surface area contributed by atoms with Gasteiger partial charge in [0, 0.05) is 58.9 Å². The molecule has 15 nitrogen and oxygen atoms in total. The van der Waals surface area contributed by atoms with Crippen LogP contribution < -0.4 is 0 Å². The van der Waals surface area contributed by atoms with Gasteiger partial charge in [0.1, 0.15) is 0 Å². The van der Waals surface area contributed by atoms with Crippen LogP contribution >= 0.6 is 0 Å². The fraction of sp³-hybridized carbons (Fsp3) is 1.00. The molecule has 193 valence electrons. The minimum Gasteiger partial charge on any atom is -0.374 e. The molecule has 0 spiro atoms. The van der Waals surface area contributed by atoms with E-state index >= 15 is 0 Å². The van der Waals surface area contributed by atoms with Crippen molar-refractivity contribution in [2.75, 3.05) is 0 Å². The van der Waals surface area contributed by atoms with Crippen molar-refractivity contribution < 1.29 is 61.7 Å². The molecule has 34 heavy (non-hydrogen) atoms. The summed E-state index contributed by atoms with van der Waals surface area (Å²) in [7, 11) is -34.9. The van der Waals surface area contributed by atoms with Crippen molar-refractivity contribution in [2.24, 2.45) is 0 Å². The molecule has 7 saturated heterocycles. The molecule has 1 radical (unpaired) electrons. The van der Waals surface area contributed by atoms with E-state index in [0.717, 1.165) is 0 Å². The van der Waals surface area contributed by atoms with Crippen LogP contribution in [-0.2, 0) is 61.7 Å². The summed E-state index contributed by atoms with van der Waals surface area (Å²) in [6.45, 7) is 15.5. The van der Waals surface area contributed by atoms with Crippen LogP contribution in [0, 0.1) is 0 Å². The van der Waals surface area contributed by atoms with Crippen LogP contribution in [-0.4, -0.2) is 88.8 Å². The quantitative estimate of drug-likeness (QED) is 0.333. The molecule has 0 aromatic heterocycles. The van der Waals surface area contributed by atoms with Gasteiger partial charge in [-0.1, -0.05) is 0 Å². The first-order valence-electron chi connectivity index (χ1n) is 10.6. The fourth-order valence-corrected chi connectivity index (χ4v) is 57.3. The largest absolute Gasteiger partial charge is 0.553 e. The van der Waals surface area contributed by atoms with Gasteiger partial charge in [0.15, 0.2) is 0 Å². The Bertz CT molecular complexity index is 871. The lowest BCUT2D eigenvalue weighted by atomic mass is 11.9. The Balaban J connectivity index is 1.65. The SMILES string of the molecule is C[Si]12O[Si]3O[Si](C)(O1)O[Si]1(C)O[Si]4(C)O[Si](C)(O3)O[Si]3(C)O[Si](C)(O2)O[Si](C)(O1)O[Si](C)(O3)O4. The van der Waals surface area contributed by atoms with E-state index in [1.165, 1.54) is 0 Å². The minimum atomic E-state index is -3.68. The summed E-state index contributed by atoms with van der Waals surface area (Å²) in [4.78, 5) is 0. The molecule has 7 fully saturated rings. The molecule has 7 aliphatic rings. The molecule has 6 atom stereocenters. The van der Waals surface area contributed by atoms with Gasteiger partial charge in [-0.2, -0.15) is 0 Å². The van der Waals surface area contributed by atoms with Crippen molar-refractivity contribution in [1.29, 1.82) is 0 Å². The third-order valence-corrected chi connectivity index (χ3v) is 47.3. The molecule has 0 saturated carbocycles. The number of hydrogen-bond acceptors (Lipinski definition) is 15. The van der Waals surface area contributed by atoms with E-state index < -0.39 is 88.8 Å². The second kappa shape index (κ2) is 7.20. The average molecular weight is 656 g/mol. The Hall–Kier alpha value is 1.57. The molecule has 6 unspecified atom stereocenters. The summed E-state index contributed by atoms with van der Waals surface area (Å²) >= 11 is 0. The predicted octanol–water partition coefficient (Wildman–Crippen LogP) is 0.420. The molecule has 25 heteroatoms. The first-order valence-corrected chi connectivity index (χ1v) is 31.9. The maximum absolute atomic E-state index is 6.57. The molecule has 7 aliphatic heterocycles. The molecule has 0 aromatic rings. The third kappa shape index (κ3) is 4.54. The summed E-state index contributed by atoms with van der Waals surface area (Å²) < 4.78 is 97.1. The highest BCUT2D eigenvalue weighted by Crippen LogP contribution is 2.46. The highest BCUT2D eigenvalue weighted by Gasteiger charge is 2.77. The lowest BCUT2D eigenvalue weighted by Crippen LogP contribution is -2.84. The van der Waals surface area contributed by atoms with E-state index in [2.05, 4.69) is 0 Å². The molecule has 0 amide bonds. The lowest BCUT2D eigenvalue weighted by molar-refractivity contribution is -0.0109. The zero-order valence-electron chi connectivity index (χ0n) is 20.1. The van der Waals surface area contributed by atoms with Crippen LogP contribution in [0.3, 0.4) is 0 Å². The summed E-state index contributed by atoms with van der Waals surface area (Å²) in [6.07, 6.45) is 0. The van der Waals surface area contributed by atoms with Gasteiger partial charge in [-0.25, -0.2) is 0 Å². The van der Waals surface area contributed by atoms with Crippen LogP contribution in [0.5, 0.6) is 0 Å². The molecule has 10 bridgehead atoms. The smallest absolute Gasteiger partial charge is 0.374 e. The van der Waals surface area contributed by atoms with Crippen LogP contribution in [0.2, 0.25) is 58.9 Å². The van der Waals surface area contributed by atoms with E-state index in [0.29, 0.717) is 0 Å². The summed E-state index contributed by atoms with van der Waals surface area (Å²) in [5.74, 6) is 0. The lowest BCUT2D eigenvalue weighted by Gasteiger charge is -2.58. The standard InChI is InChI=1S/C9H27O15Si10/c1-26-10-25-11-27(2,13-26)15-30(5)19-32(7)17-28(3,12-25)16-31(6)18-29(4,14-26)20-33(8,21-30)24-34(9,22-31)23-32/h1-9H3. The second-order valence-corrected chi connectivity index (χ2v) is 37.8. The highest BCUT2D eigenvalue weighted by molar-refractivity contribution is 7.01. The predicted molar refractivity (Wildman–Crippen MR) is 127 cm³/mol. The van der Waals surface area contributed by atoms with Gasteiger partial charge in [0.2, 0.25) is 0 Å². The van der Waals surface area contributed by atoms with E-state index in [1.807, 2.05) is 0 Å². The van der Waals surface area contributed by atoms with Crippen molar-refractivity contribution in [2.45, 2.75) is 58.9 Å². The van der Waals surface area contributed by atoms with Crippen molar-refractivity contribution in [1.82, 2.24) is 0 Å².